The summed E-state index contributed by atoms with van der Waals surface area (Å²) in [4.78, 5) is 16.7. The molecular weight excluding hydrogens is 302 g/mol. The summed E-state index contributed by atoms with van der Waals surface area (Å²) >= 11 is 0. The van der Waals surface area contributed by atoms with Crippen molar-refractivity contribution >= 4 is 11.8 Å². The average molecular weight is 333 g/mol. The molecule has 1 aliphatic heterocycles. The summed E-state index contributed by atoms with van der Waals surface area (Å²) in [6.45, 7) is 14.2. The Balaban J connectivity index is 2.16. The Labute approximate surface area is 146 Å². The lowest BCUT2D eigenvalue weighted by molar-refractivity contribution is 0.0118. The number of anilines is 1. The largest absolute Gasteiger partial charge is 0.444 e. The zero-order valence-corrected chi connectivity index (χ0v) is 15.6. The van der Waals surface area contributed by atoms with E-state index in [2.05, 4.69) is 48.3 Å². The molecule has 5 nitrogen and oxygen atoms in total. The van der Waals surface area contributed by atoms with E-state index in [1.165, 1.54) is 5.69 Å². The van der Waals surface area contributed by atoms with Crippen LogP contribution < -0.4 is 10.2 Å². The fraction of sp³-hybridized carbons (Fsp3) is 0.632. The van der Waals surface area contributed by atoms with Crippen LogP contribution in [0.5, 0.6) is 0 Å². The number of hydrogen-bond donors (Lipinski definition) is 1. The van der Waals surface area contributed by atoms with E-state index < -0.39 is 5.60 Å². The van der Waals surface area contributed by atoms with Crippen LogP contribution in [0.15, 0.2) is 24.3 Å². The molecule has 1 aliphatic rings. The van der Waals surface area contributed by atoms with E-state index in [1.54, 1.807) is 0 Å². The quantitative estimate of drug-likeness (QED) is 0.917. The molecule has 1 atom stereocenters. The lowest BCUT2D eigenvalue weighted by Gasteiger charge is -2.37. The highest BCUT2D eigenvalue weighted by molar-refractivity contribution is 5.69. The van der Waals surface area contributed by atoms with Crippen LogP contribution in [0.2, 0.25) is 0 Å². The Hall–Kier alpha value is -1.75. The smallest absolute Gasteiger partial charge is 0.410 e. The SMILES string of the molecule is CCN(CC)c1ccc(C2CNCCN2C(=O)OC(C)(C)C)cc1. The van der Waals surface area contributed by atoms with E-state index in [9.17, 15) is 4.79 Å². The predicted octanol–water partition coefficient (Wildman–Crippen LogP) is 3.41. The normalized spacial score (nSPS) is 18.4. The van der Waals surface area contributed by atoms with Crippen molar-refractivity contribution in [2.75, 3.05) is 37.6 Å². The van der Waals surface area contributed by atoms with Crippen molar-refractivity contribution < 1.29 is 9.53 Å². The van der Waals surface area contributed by atoms with Gasteiger partial charge in [-0.05, 0) is 52.3 Å². The van der Waals surface area contributed by atoms with Crippen molar-refractivity contribution in [3.05, 3.63) is 29.8 Å². The highest BCUT2D eigenvalue weighted by Crippen LogP contribution is 2.26. The molecular formula is C19H31N3O2. The van der Waals surface area contributed by atoms with Crippen molar-refractivity contribution in [1.82, 2.24) is 10.2 Å². The van der Waals surface area contributed by atoms with Crippen LogP contribution in [0.3, 0.4) is 0 Å². The Bertz CT molecular complexity index is 533. The first-order valence-corrected chi connectivity index (χ1v) is 8.91. The van der Waals surface area contributed by atoms with Gasteiger partial charge in [-0.3, -0.25) is 4.90 Å². The third kappa shape index (κ3) is 4.63. The van der Waals surface area contributed by atoms with E-state index in [4.69, 9.17) is 4.74 Å². The van der Waals surface area contributed by atoms with E-state index in [0.29, 0.717) is 6.54 Å². The Morgan fingerprint density at radius 2 is 1.88 bits per heavy atom. The lowest BCUT2D eigenvalue weighted by atomic mass is 10.0. The van der Waals surface area contributed by atoms with Crippen LogP contribution >= 0.6 is 0 Å². The van der Waals surface area contributed by atoms with Gasteiger partial charge in [0.15, 0.2) is 0 Å². The third-order valence-electron chi connectivity index (χ3n) is 4.28. The lowest BCUT2D eigenvalue weighted by Crippen LogP contribution is -2.50. The zero-order chi connectivity index (χ0) is 17.7. The number of hydrogen-bond acceptors (Lipinski definition) is 4. The van der Waals surface area contributed by atoms with E-state index in [1.807, 2.05) is 25.7 Å². The van der Waals surface area contributed by atoms with Crippen molar-refractivity contribution in [3.8, 4) is 0 Å². The number of carbonyl (C=O) groups excluding carboxylic acids is 1. The standard InChI is InChI=1S/C19H31N3O2/c1-6-21(7-2)16-10-8-15(9-11-16)17-14-20-12-13-22(17)18(23)24-19(3,4)5/h8-11,17,20H,6-7,12-14H2,1-5H3. The average Bonchev–Trinajstić information content (AvgIpc) is 2.55. The van der Waals surface area contributed by atoms with Gasteiger partial charge < -0.3 is 15.0 Å². The molecule has 1 saturated heterocycles. The summed E-state index contributed by atoms with van der Waals surface area (Å²) in [5, 5.41) is 3.38. The predicted molar refractivity (Wildman–Crippen MR) is 98.6 cm³/mol. The maximum Gasteiger partial charge on any atom is 0.410 e. The summed E-state index contributed by atoms with van der Waals surface area (Å²) in [7, 11) is 0. The maximum absolute atomic E-state index is 12.5. The topological polar surface area (TPSA) is 44.8 Å². The van der Waals surface area contributed by atoms with Crippen molar-refractivity contribution in [2.24, 2.45) is 0 Å². The molecule has 0 spiro atoms. The number of rotatable bonds is 4. The zero-order valence-electron chi connectivity index (χ0n) is 15.6. The number of carbonyl (C=O) groups is 1. The molecule has 0 aliphatic carbocycles. The minimum atomic E-state index is -0.473. The Morgan fingerprint density at radius 1 is 1.25 bits per heavy atom. The van der Waals surface area contributed by atoms with Gasteiger partial charge in [0.25, 0.3) is 0 Å². The third-order valence-corrected chi connectivity index (χ3v) is 4.28. The summed E-state index contributed by atoms with van der Waals surface area (Å²) < 4.78 is 5.58. The molecule has 0 aromatic heterocycles. The van der Waals surface area contributed by atoms with Gasteiger partial charge in [0.2, 0.25) is 0 Å². The number of nitrogens with zero attached hydrogens (tertiary/aromatic N) is 2. The monoisotopic (exact) mass is 333 g/mol. The number of benzene rings is 1. The van der Waals surface area contributed by atoms with Crippen LogP contribution in [0.1, 0.15) is 46.2 Å². The number of nitrogens with one attached hydrogen (secondary N) is 1. The van der Waals surface area contributed by atoms with Crippen molar-refractivity contribution in [1.29, 1.82) is 0 Å². The molecule has 0 saturated carbocycles. The van der Waals surface area contributed by atoms with Crippen LogP contribution in [0.25, 0.3) is 0 Å². The highest BCUT2D eigenvalue weighted by atomic mass is 16.6. The molecule has 2 rings (SSSR count). The van der Waals surface area contributed by atoms with Crippen LogP contribution in [0.4, 0.5) is 10.5 Å². The highest BCUT2D eigenvalue weighted by Gasteiger charge is 2.31. The molecule has 0 radical (unpaired) electrons. The fourth-order valence-electron chi connectivity index (χ4n) is 3.04. The first-order chi connectivity index (χ1) is 11.4. The second-order valence-electron chi connectivity index (χ2n) is 7.16. The summed E-state index contributed by atoms with van der Waals surface area (Å²) in [5.41, 5.74) is 1.89. The summed E-state index contributed by atoms with van der Waals surface area (Å²) in [6.07, 6.45) is -0.234. The number of amides is 1. The number of piperazine rings is 1. The number of ether oxygens (including phenoxy) is 1. The second-order valence-corrected chi connectivity index (χ2v) is 7.16. The molecule has 134 valence electrons. The summed E-state index contributed by atoms with van der Waals surface area (Å²) in [5.74, 6) is 0. The van der Waals surface area contributed by atoms with Crippen molar-refractivity contribution in [3.63, 3.8) is 0 Å². The van der Waals surface area contributed by atoms with Gasteiger partial charge in [0.1, 0.15) is 5.60 Å². The first kappa shape index (κ1) is 18.6. The van der Waals surface area contributed by atoms with Crippen LogP contribution in [0, 0.1) is 0 Å². The van der Waals surface area contributed by atoms with E-state index in [0.717, 1.165) is 31.7 Å². The molecule has 1 fully saturated rings. The second kappa shape index (κ2) is 7.88. The van der Waals surface area contributed by atoms with E-state index in [-0.39, 0.29) is 12.1 Å². The van der Waals surface area contributed by atoms with Gasteiger partial charge in [-0.25, -0.2) is 4.79 Å². The molecule has 1 aromatic carbocycles. The minimum Gasteiger partial charge on any atom is -0.444 e. The maximum atomic E-state index is 12.5. The van der Waals surface area contributed by atoms with Crippen LogP contribution in [-0.4, -0.2) is 49.3 Å². The fourth-order valence-corrected chi connectivity index (χ4v) is 3.04. The molecule has 1 heterocycles. The Kier molecular flexibility index (Phi) is 6.10. The van der Waals surface area contributed by atoms with Gasteiger partial charge in [-0.2, -0.15) is 0 Å². The van der Waals surface area contributed by atoms with Gasteiger partial charge in [0.05, 0.1) is 6.04 Å². The molecule has 0 bridgehead atoms. The molecule has 1 amide bonds. The molecule has 5 heteroatoms. The molecule has 24 heavy (non-hydrogen) atoms. The van der Waals surface area contributed by atoms with E-state index >= 15 is 0 Å². The van der Waals surface area contributed by atoms with Gasteiger partial charge in [0, 0.05) is 38.4 Å². The summed E-state index contributed by atoms with van der Waals surface area (Å²) in [6, 6.07) is 8.55. The van der Waals surface area contributed by atoms with Crippen LogP contribution in [-0.2, 0) is 4.74 Å². The minimum absolute atomic E-state index is 0.0133. The Morgan fingerprint density at radius 3 is 2.42 bits per heavy atom. The molecule has 1 N–H and O–H groups in total. The van der Waals surface area contributed by atoms with Gasteiger partial charge in [-0.1, -0.05) is 12.1 Å². The molecule has 1 aromatic rings. The van der Waals surface area contributed by atoms with Crippen molar-refractivity contribution in [2.45, 2.75) is 46.3 Å². The molecule has 1 unspecified atom stereocenters. The van der Waals surface area contributed by atoms with Gasteiger partial charge in [-0.15, -0.1) is 0 Å². The first-order valence-electron chi connectivity index (χ1n) is 8.91. The van der Waals surface area contributed by atoms with Gasteiger partial charge >= 0.3 is 6.09 Å².